The van der Waals surface area contributed by atoms with Crippen molar-refractivity contribution in [1.29, 1.82) is 0 Å². The van der Waals surface area contributed by atoms with Crippen LogP contribution in [0.4, 0.5) is 0 Å². The van der Waals surface area contributed by atoms with Gasteiger partial charge in [0.2, 0.25) is 15.9 Å². The molecule has 21 heavy (non-hydrogen) atoms. The van der Waals surface area contributed by atoms with Crippen LogP contribution < -0.4 is 5.32 Å². The van der Waals surface area contributed by atoms with Gasteiger partial charge >= 0.3 is 5.97 Å². The lowest BCUT2D eigenvalue weighted by Gasteiger charge is -2.17. The van der Waals surface area contributed by atoms with E-state index in [0.717, 1.165) is 10.4 Å². The quantitative estimate of drug-likeness (QED) is 0.789. The minimum absolute atomic E-state index is 0.115. The van der Waals surface area contributed by atoms with Crippen LogP contribution in [0, 0.1) is 6.92 Å². The monoisotopic (exact) mass is 378 g/mol. The van der Waals surface area contributed by atoms with Crippen LogP contribution in [0.3, 0.4) is 0 Å². The molecule has 0 aliphatic carbocycles. The van der Waals surface area contributed by atoms with E-state index < -0.39 is 21.9 Å². The first-order chi connectivity index (χ1) is 9.61. The molecule has 1 rings (SSSR count). The number of hydrogen-bond donors (Lipinski definition) is 2. The van der Waals surface area contributed by atoms with Crippen LogP contribution in [0.5, 0.6) is 0 Å². The van der Waals surface area contributed by atoms with Crippen LogP contribution in [0.1, 0.15) is 15.9 Å². The molecule has 1 aromatic rings. The maximum Gasteiger partial charge on any atom is 0.336 e. The van der Waals surface area contributed by atoms with Crippen molar-refractivity contribution in [1.82, 2.24) is 9.62 Å². The molecule has 9 heteroatoms. The molecule has 0 heterocycles. The fraction of sp³-hybridized carbons (Fsp3) is 0.333. The van der Waals surface area contributed by atoms with Gasteiger partial charge in [0, 0.05) is 18.6 Å². The van der Waals surface area contributed by atoms with Crippen molar-refractivity contribution in [2.75, 3.05) is 20.6 Å². The summed E-state index contributed by atoms with van der Waals surface area (Å²) < 4.78 is 25.9. The van der Waals surface area contributed by atoms with Gasteiger partial charge in [-0.1, -0.05) is 15.9 Å². The number of aromatic carboxylic acids is 1. The summed E-state index contributed by atoms with van der Waals surface area (Å²) in [5.41, 5.74) is 0.312. The summed E-state index contributed by atoms with van der Waals surface area (Å²) in [5, 5.41) is 11.4. The standard InChI is InChI=1S/C12H15BrN2O5S/c1-7-9(12(17)18)4-8(5-10(7)13)21(19,20)15(3)6-11(16)14-2/h4-5H,6H2,1-3H3,(H,14,16)(H,17,18). The average molecular weight is 379 g/mol. The molecule has 0 saturated heterocycles. The van der Waals surface area contributed by atoms with Crippen LogP contribution in [0.25, 0.3) is 0 Å². The van der Waals surface area contributed by atoms with Crippen LogP contribution in [0.2, 0.25) is 0 Å². The molecule has 0 saturated carbocycles. The van der Waals surface area contributed by atoms with E-state index in [4.69, 9.17) is 5.11 Å². The summed E-state index contributed by atoms with van der Waals surface area (Å²) in [5.74, 6) is -1.69. The molecule has 0 atom stereocenters. The number of carbonyl (C=O) groups excluding carboxylic acids is 1. The van der Waals surface area contributed by atoms with E-state index in [1.54, 1.807) is 6.92 Å². The number of rotatable bonds is 5. The number of carbonyl (C=O) groups is 2. The largest absolute Gasteiger partial charge is 0.478 e. The number of carboxylic acid groups (broad SMARTS) is 1. The first-order valence-electron chi connectivity index (χ1n) is 5.81. The number of amides is 1. The van der Waals surface area contributed by atoms with Crippen molar-refractivity contribution in [3.63, 3.8) is 0 Å². The third kappa shape index (κ3) is 3.80. The van der Waals surface area contributed by atoms with E-state index in [0.29, 0.717) is 10.0 Å². The number of carboxylic acids is 1. The van der Waals surface area contributed by atoms with E-state index in [9.17, 15) is 18.0 Å². The Morgan fingerprint density at radius 1 is 1.38 bits per heavy atom. The Morgan fingerprint density at radius 3 is 2.43 bits per heavy atom. The molecule has 0 radical (unpaired) electrons. The minimum Gasteiger partial charge on any atom is -0.478 e. The highest BCUT2D eigenvalue weighted by Crippen LogP contribution is 2.26. The molecule has 0 aliphatic rings. The second kappa shape index (κ2) is 6.54. The van der Waals surface area contributed by atoms with Crippen LogP contribution in [-0.2, 0) is 14.8 Å². The second-order valence-corrected chi connectivity index (χ2v) is 7.22. The Morgan fingerprint density at radius 2 is 1.95 bits per heavy atom. The van der Waals surface area contributed by atoms with Gasteiger partial charge in [-0.05, 0) is 24.6 Å². The Labute approximate surface area is 131 Å². The van der Waals surface area contributed by atoms with Gasteiger partial charge in [-0.15, -0.1) is 0 Å². The zero-order chi connectivity index (χ0) is 16.4. The van der Waals surface area contributed by atoms with E-state index in [2.05, 4.69) is 21.2 Å². The first kappa shape index (κ1) is 17.6. The fourth-order valence-corrected chi connectivity index (χ4v) is 3.36. The summed E-state index contributed by atoms with van der Waals surface area (Å²) >= 11 is 3.15. The van der Waals surface area contributed by atoms with Crippen molar-refractivity contribution in [2.24, 2.45) is 0 Å². The normalized spacial score (nSPS) is 11.5. The summed E-state index contributed by atoms with van der Waals surface area (Å²) in [4.78, 5) is 22.2. The van der Waals surface area contributed by atoms with Gasteiger partial charge in [0.15, 0.2) is 0 Å². The highest BCUT2D eigenvalue weighted by atomic mass is 79.9. The second-order valence-electron chi connectivity index (χ2n) is 4.32. The lowest BCUT2D eigenvalue weighted by atomic mass is 10.1. The van der Waals surface area contributed by atoms with Crippen LogP contribution in [0.15, 0.2) is 21.5 Å². The first-order valence-corrected chi connectivity index (χ1v) is 8.05. The molecular formula is C12H15BrN2O5S. The highest BCUT2D eigenvalue weighted by molar-refractivity contribution is 9.10. The Hall–Kier alpha value is -1.45. The van der Waals surface area contributed by atoms with E-state index in [1.165, 1.54) is 20.2 Å². The number of likely N-dealkylation sites (N-methyl/N-ethyl adjacent to an activating group) is 2. The van der Waals surface area contributed by atoms with Crippen molar-refractivity contribution in [3.8, 4) is 0 Å². The summed E-state index contributed by atoms with van der Waals surface area (Å²) in [6.45, 7) is 1.21. The summed E-state index contributed by atoms with van der Waals surface area (Å²) in [7, 11) is -1.31. The zero-order valence-electron chi connectivity index (χ0n) is 11.7. The predicted octanol–water partition coefficient (Wildman–Crippen LogP) is 0.822. The number of nitrogens with one attached hydrogen (secondary N) is 1. The maximum absolute atomic E-state index is 12.4. The van der Waals surface area contributed by atoms with Gasteiger partial charge in [-0.3, -0.25) is 4.79 Å². The number of halogens is 1. The van der Waals surface area contributed by atoms with Gasteiger partial charge in [0.05, 0.1) is 17.0 Å². The van der Waals surface area contributed by atoms with Gasteiger partial charge in [0.25, 0.3) is 0 Å². The van der Waals surface area contributed by atoms with Gasteiger partial charge in [0.1, 0.15) is 0 Å². The van der Waals surface area contributed by atoms with Gasteiger partial charge < -0.3 is 10.4 Å². The molecule has 2 N–H and O–H groups in total. The number of nitrogens with zero attached hydrogens (tertiary/aromatic N) is 1. The van der Waals surface area contributed by atoms with Crippen LogP contribution >= 0.6 is 15.9 Å². The lowest BCUT2D eigenvalue weighted by Crippen LogP contribution is -2.37. The van der Waals surface area contributed by atoms with E-state index in [-0.39, 0.29) is 17.0 Å². The van der Waals surface area contributed by atoms with Gasteiger partial charge in [-0.2, -0.15) is 4.31 Å². The molecule has 0 unspecified atom stereocenters. The number of benzene rings is 1. The Balaban J connectivity index is 3.32. The highest BCUT2D eigenvalue weighted by Gasteiger charge is 2.25. The van der Waals surface area contributed by atoms with Crippen molar-refractivity contribution < 1.29 is 23.1 Å². The SMILES string of the molecule is CNC(=O)CN(C)S(=O)(=O)c1cc(Br)c(C)c(C(=O)O)c1. The third-order valence-corrected chi connectivity index (χ3v) is 5.51. The maximum atomic E-state index is 12.4. The topological polar surface area (TPSA) is 104 Å². The summed E-state index contributed by atoms with van der Waals surface area (Å²) in [6.07, 6.45) is 0. The number of hydrogen-bond acceptors (Lipinski definition) is 4. The fourth-order valence-electron chi connectivity index (χ4n) is 1.57. The summed E-state index contributed by atoms with van der Waals surface area (Å²) in [6, 6.07) is 2.40. The third-order valence-electron chi connectivity index (χ3n) is 2.90. The molecule has 0 spiro atoms. The van der Waals surface area contributed by atoms with Crippen molar-refractivity contribution in [3.05, 3.63) is 27.7 Å². The van der Waals surface area contributed by atoms with E-state index >= 15 is 0 Å². The minimum atomic E-state index is -3.96. The Kier molecular flexibility index (Phi) is 5.48. The molecule has 0 aromatic heterocycles. The van der Waals surface area contributed by atoms with E-state index in [1.807, 2.05) is 0 Å². The molecule has 1 aromatic carbocycles. The predicted molar refractivity (Wildman–Crippen MR) is 79.7 cm³/mol. The molecular weight excluding hydrogens is 364 g/mol. The molecule has 0 fully saturated rings. The Bertz CT molecular complexity index is 687. The van der Waals surface area contributed by atoms with Gasteiger partial charge in [-0.25, -0.2) is 13.2 Å². The van der Waals surface area contributed by atoms with Crippen LogP contribution in [-0.4, -0.2) is 50.3 Å². The molecule has 1 amide bonds. The van der Waals surface area contributed by atoms with Crippen molar-refractivity contribution in [2.45, 2.75) is 11.8 Å². The zero-order valence-corrected chi connectivity index (χ0v) is 14.1. The molecule has 0 bridgehead atoms. The molecule has 0 aliphatic heterocycles. The molecule has 116 valence electrons. The lowest BCUT2D eigenvalue weighted by molar-refractivity contribution is -0.120. The molecule has 7 nitrogen and oxygen atoms in total. The average Bonchev–Trinajstić information content (AvgIpc) is 2.40. The van der Waals surface area contributed by atoms with Crippen molar-refractivity contribution >= 4 is 37.8 Å². The number of sulfonamides is 1. The smallest absolute Gasteiger partial charge is 0.336 e.